The second-order valence-electron chi connectivity index (χ2n) is 8.07. The summed E-state index contributed by atoms with van der Waals surface area (Å²) < 4.78 is 5.31. The molecule has 0 fully saturated rings. The van der Waals surface area contributed by atoms with Gasteiger partial charge in [0.25, 0.3) is 5.91 Å². The third-order valence-corrected chi connectivity index (χ3v) is 4.27. The smallest absolute Gasteiger partial charge is 0.407 e. The molecule has 0 saturated heterocycles. The summed E-state index contributed by atoms with van der Waals surface area (Å²) in [4.78, 5) is 27.9. The molecule has 1 aromatic carbocycles. The Balaban J connectivity index is 0.00000900. The summed E-state index contributed by atoms with van der Waals surface area (Å²) in [6.45, 7) is 8.66. The summed E-state index contributed by atoms with van der Waals surface area (Å²) >= 11 is 0. The van der Waals surface area contributed by atoms with Crippen molar-refractivity contribution in [3.05, 3.63) is 35.4 Å². The van der Waals surface area contributed by atoms with Crippen LogP contribution in [0.15, 0.2) is 29.3 Å². The van der Waals surface area contributed by atoms with Crippen LogP contribution in [0.25, 0.3) is 0 Å². The van der Waals surface area contributed by atoms with Gasteiger partial charge < -0.3 is 26.0 Å². The number of ether oxygens (including phenoxy) is 1. The molecule has 0 aliphatic rings. The number of aliphatic imine (C=N–C) groups is 1. The number of alkyl carbamates (subject to hydrolysis) is 1. The highest BCUT2D eigenvalue weighted by atomic mass is 127. The number of nitrogens with one attached hydrogen (secondary N) is 4. The Labute approximate surface area is 203 Å². The fourth-order valence-corrected chi connectivity index (χ4v) is 2.69. The van der Waals surface area contributed by atoms with Crippen LogP contribution in [0.5, 0.6) is 0 Å². The average molecular weight is 547 g/mol. The lowest BCUT2D eigenvalue weighted by Crippen LogP contribution is -2.48. The Morgan fingerprint density at radius 3 is 2.29 bits per heavy atom. The number of amides is 2. The summed E-state index contributed by atoms with van der Waals surface area (Å²) in [6.07, 6.45) is 2.57. The van der Waals surface area contributed by atoms with Crippen LogP contribution in [0.2, 0.25) is 0 Å². The molecule has 1 rings (SSSR count). The van der Waals surface area contributed by atoms with Crippen LogP contribution in [-0.4, -0.2) is 50.2 Å². The van der Waals surface area contributed by atoms with Gasteiger partial charge in [-0.3, -0.25) is 9.79 Å². The molecule has 31 heavy (non-hydrogen) atoms. The Morgan fingerprint density at radius 1 is 1.13 bits per heavy atom. The summed E-state index contributed by atoms with van der Waals surface area (Å²) in [7, 11) is 3.32. The Morgan fingerprint density at radius 2 is 1.77 bits per heavy atom. The molecule has 0 aliphatic carbocycles. The molecule has 2 amide bonds. The molecular formula is C22H38IN5O3. The molecule has 0 saturated carbocycles. The van der Waals surface area contributed by atoms with Crippen LogP contribution in [-0.2, 0) is 11.3 Å². The number of rotatable bonds is 9. The van der Waals surface area contributed by atoms with E-state index in [1.165, 1.54) is 0 Å². The standard InChI is InChI=1S/C22H37N5O3.HI/c1-7-8-9-18(15-26-21(29)30-22(2,3)4)27-20(24-6)25-14-16-10-12-17(13-11-16)19(28)23-5;/h10-13,18H,7-9,14-15H2,1-6H3,(H,23,28)(H,26,29)(H2,24,25,27);1H. The lowest BCUT2D eigenvalue weighted by molar-refractivity contribution is 0.0522. The van der Waals surface area contributed by atoms with Gasteiger partial charge in [-0.25, -0.2) is 4.79 Å². The Hall–Kier alpha value is -2.04. The number of carbonyl (C=O) groups excluding carboxylic acids is 2. The largest absolute Gasteiger partial charge is 0.444 e. The van der Waals surface area contributed by atoms with E-state index in [0.717, 1.165) is 24.8 Å². The molecule has 1 aromatic rings. The van der Waals surface area contributed by atoms with Gasteiger partial charge >= 0.3 is 6.09 Å². The molecule has 9 heteroatoms. The zero-order chi connectivity index (χ0) is 22.6. The van der Waals surface area contributed by atoms with Crippen LogP contribution in [0.1, 0.15) is 62.9 Å². The number of halogens is 1. The number of hydrogen-bond donors (Lipinski definition) is 4. The zero-order valence-corrected chi connectivity index (χ0v) is 21.8. The van der Waals surface area contributed by atoms with Crippen LogP contribution >= 0.6 is 24.0 Å². The maximum atomic E-state index is 12.0. The zero-order valence-electron chi connectivity index (χ0n) is 19.5. The van der Waals surface area contributed by atoms with E-state index in [-0.39, 0.29) is 35.9 Å². The minimum atomic E-state index is -0.526. The second kappa shape index (κ2) is 14.9. The van der Waals surface area contributed by atoms with E-state index in [1.54, 1.807) is 26.2 Å². The highest BCUT2D eigenvalue weighted by Crippen LogP contribution is 2.07. The lowest BCUT2D eigenvalue weighted by Gasteiger charge is -2.24. The number of carbonyl (C=O) groups is 2. The SMILES string of the molecule is CCCCC(CNC(=O)OC(C)(C)C)NC(=NC)NCc1ccc(C(=O)NC)cc1.I. The van der Waals surface area contributed by atoms with Gasteiger partial charge in [0.1, 0.15) is 5.60 Å². The fourth-order valence-electron chi connectivity index (χ4n) is 2.69. The predicted molar refractivity (Wildman–Crippen MR) is 136 cm³/mol. The molecule has 0 bridgehead atoms. The first kappa shape index (κ1) is 29.0. The van der Waals surface area contributed by atoms with E-state index in [4.69, 9.17) is 4.74 Å². The van der Waals surface area contributed by atoms with E-state index in [2.05, 4.69) is 33.2 Å². The summed E-state index contributed by atoms with van der Waals surface area (Å²) in [5.74, 6) is 0.542. The van der Waals surface area contributed by atoms with Gasteiger partial charge in [-0.2, -0.15) is 0 Å². The number of guanidine groups is 1. The maximum Gasteiger partial charge on any atom is 0.407 e. The topological polar surface area (TPSA) is 104 Å². The number of unbranched alkanes of at least 4 members (excludes halogenated alkanes) is 1. The van der Waals surface area contributed by atoms with Crippen LogP contribution in [0.4, 0.5) is 4.79 Å². The molecule has 8 nitrogen and oxygen atoms in total. The minimum Gasteiger partial charge on any atom is -0.444 e. The fraction of sp³-hybridized carbons (Fsp3) is 0.591. The molecule has 4 N–H and O–H groups in total. The summed E-state index contributed by atoms with van der Waals surface area (Å²) in [6, 6.07) is 7.42. The molecule has 1 atom stereocenters. The van der Waals surface area contributed by atoms with Crippen LogP contribution in [0.3, 0.4) is 0 Å². The van der Waals surface area contributed by atoms with Gasteiger partial charge in [-0.15, -0.1) is 24.0 Å². The first-order valence-electron chi connectivity index (χ1n) is 10.4. The molecule has 1 unspecified atom stereocenters. The molecule has 0 spiro atoms. The van der Waals surface area contributed by atoms with Crippen molar-refractivity contribution in [2.24, 2.45) is 4.99 Å². The molecule has 0 aliphatic heterocycles. The van der Waals surface area contributed by atoms with Crippen molar-refractivity contribution in [3.8, 4) is 0 Å². The van der Waals surface area contributed by atoms with E-state index < -0.39 is 11.7 Å². The normalized spacial score (nSPS) is 12.3. The van der Waals surface area contributed by atoms with Crippen LogP contribution in [0, 0.1) is 0 Å². The van der Waals surface area contributed by atoms with Crippen molar-refractivity contribution in [1.29, 1.82) is 0 Å². The molecular weight excluding hydrogens is 509 g/mol. The average Bonchev–Trinajstić information content (AvgIpc) is 2.71. The van der Waals surface area contributed by atoms with Crippen molar-refractivity contribution >= 4 is 41.9 Å². The third-order valence-electron chi connectivity index (χ3n) is 4.27. The lowest BCUT2D eigenvalue weighted by atomic mass is 10.1. The van der Waals surface area contributed by atoms with E-state index in [0.29, 0.717) is 24.6 Å². The number of nitrogens with zero attached hydrogens (tertiary/aromatic N) is 1. The van der Waals surface area contributed by atoms with Gasteiger partial charge in [0.2, 0.25) is 0 Å². The molecule has 0 heterocycles. The van der Waals surface area contributed by atoms with Crippen molar-refractivity contribution in [3.63, 3.8) is 0 Å². The van der Waals surface area contributed by atoms with Crippen molar-refractivity contribution in [2.75, 3.05) is 20.6 Å². The number of hydrogen-bond acceptors (Lipinski definition) is 4. The van der Waals surface area contributed by atoms with Crippen LogP contribution < -0.4 is 21.3 Å². The van der Waals surface area contributed by atoms with E-state index >= 15 is 0 Å². The summed E-state index contributed by atoms with van der Waals surface area (Å²) in [5, 5.41) is 12.1. The quantitative estimate of drug-likeness (QED) is 0.216. The maximum absolute atomic E-state index is 12.0. The molecule has 0 aromatic heterocycles. The van der Waals surface area contributed by atoms with Gasteiger partial charge in [-0.05, 0) is 44.9 Å². The Bertz CT molecular complexity index is 702. The first-order chi connectivity index (χ1) is 14.2. The second-order valence-corrected chi connectivity index (χ2v) is 8.07. The molecule has 0 radical (unpaired) electrons. The predicted octanol–water partition coefficient (Wildman–Crippen LogP) is 3.41. The van der Waals surface area contributed by atoms with Crippen molar-refractivity contribution in [2.45, 2.75) is 65.1 Å². The van der Waals surface area contributed by atoms with E-state index in [9.17, 15) is 9.59 Å². The van der Waals surface area contributed by atoms with E-state index in [1.807, 2.05) is 32.9 Å². The molecule has 176 valence electrons. The van der Waals surface area contributed by atoms with Gasteiger partial charge in [0, 0.05) is 38.8 Å². The minimum absolute atomic E-state index is 0. The highest BCUT2D eigenvalue weighted by Gasteiger charge is 2.18. The number of benzene rings is 1. The monoisotopic (exact) mass is 547 g/mol. The van der Waals surface area contributed by atoms with Crippen molar-refractivity contribution < 1.29 is 14.3 Å². The first-order valence-corrected chi connectivity index (χ1v) is 10.4. The van der Waals surface area contributed by atoms with Crippen molar-refractivity contribution in [1.82, 2.24) is 21.3 Å². The van der Waals surface area contributed by atoms with Gasteiger partial charge in [0.15, 0.2) is 5.96 Å². The Kier molecular flexibility index (Phi) is 13.9. The summed E-state index contributed by atoms with van der Waals surface area (Å²) in [5.41, 5.74) is 1.13. The highest BCUT2D eigenvalue weighted by molar-refractivity contribution is 14.0. The third kappa shape index (κ3) is 12.4. The van der Waals surface area contributed by atoms with Gasteiger partial charge in [0.05, 0.1) is 0 Å². The van der Waals surface area contributed by atoms with Gasteiger partial charge in [-0.1, -0.05) is 31.9 Å².